The van der Waals surface area contributed by atoms with Crippen LogP contribution in [0.25, 0.3) is 10.4 Å². The maximum atomic E-state index is 14.0. The number of rotatable bonds is 8. The van der Waals surface area contributed by atoms with Crippen LogP contribution in [0.2, 0.25) is 0 Å². The van der Waals surface area contributed by atoms with Crippen LogP contribution in [0.1, 0.15) is 75.4 Å². The molecule has 3 aliphatic rings. The Hall–Kier alpha value is -3.53. The maximum absolute atomic E-state index is 14.0. The van der Waals surface area contributed by atoms with E-state index in [-0.39, 0.29) is 41.9 Å². The van der Waals surface area contributed by atoms with Crippen molar-refractivity contribution in [2.45, 2.75) is 89.4 Å². The van der Waals surface area contributed by atoms with Gasteiger partial charge in [-0.3, -0.25) is 24.0 Å². The van der Waals surface area contributed by atoms with Crippen LogP contribution in [-0.4, -0.2) is 76.0 Å². The third kappa shape index (κ3) is 6.00. The highest BCUT2D eigenvalue weighted by Crippen LogP contribution is 2.36. The van der Waals surface area contributed by atoms with Gasteiger partial charge in [-0.25, -0.2) is 0 Å². The van der Waals surface area contributed by atoms with E-state index in [0.29, 0.717) is 37.1 Å². The molecule has 9 nitrogen and oxygen atoms in total. The summed E-state index contributed by atoms with van der Waals surface area (Å²) in [6.07, 6.45) is 4.68. The minimum atomic E-state index is -0.996. The Balaban J connectivity index is 1.31. The smallest absolute Gasteiger partial charge is 0.262 e. The van der Waals surface area contributed by atoms with Crippen LogP contribution in [0, 0.1) is 5.92 Å². The number of carbonyl (C=O) groups is 5. The molecule has 42 heavy (non-hydrogen) atoms. The topological polar surface area (TPSA) is 116 Å². The number of nitrogens with zero attached hydrogens (tertiary/aromatic N) is 2. The summed E-state index contributed by atoms with van der Waals surface area (Å²) in [4.78, 5) is 71.2. The number of ketones is 1. The zero-order valence-electron chi connectivity index (χ0n) is 24.6. The average molecular weight is 593 g/mol. The Morgan fingerprint density at radius 3 is 2.38 bits per heavy atom. The Morgan fingerprint density at radius 2 is 1.71 bits per heavy atom. The molecule has 3 heterocycles. The van der Waals surface area contributed by atoms with Gasteiger partial charge in [-0.05, 0) is 49.3 Å². The summed E-state index contributed by atoms with van der Waals surface area (Å²) in [6, 6.07) is 11.5. The van der Waals surface area contributed by atoms with E-state index in [9.17, 15) is 24.0 Å². The zero-order valence-corrected chi connectivity index (χ0v) is 25.4. The van der Waals surface area contributed by atoms with Crippen molar-refractivity contribution in [1.29, 1.82) is 0 Å². The van der Waals surface area contributed by atoms with Gasteiger partial charge in [-0.15, -0.1) is 11.3 Å². The van der Waals surface area contributed by atoms with Gasteiger partial charge in [0.15, 0.2) is 5.78 Å². The van der Waals surface area contributed by atoms with E-state index in [1.165, 1.54) is 18.3 Å². The molecular formula is C32H40N4O5S. The Labute approximate surface area is 251 Å². The highest BCUT2D eigenvalue weighted by molar-refractivity contribution is 7.17. The first-order chi connectivity index (χ1) is 20.1. The van der Waals surface area contributed by atoms with Gasteiger partial charge in [0.25, 0.3) is 5.91 Å². The van der Waals surface area contributed by atoms with Crippen molar-refractivity contribution in [1.82, 2.24) is 20.4 Å². The van der Waals surface area contributed by atoms with E-state index in [1.54, 1.807) is 15.9 Å². The second-order valence-corrected chi connectivity index (χ2v) is 13.3. The summed E-state index contributed by atoms with van der Waals surface area (Å²) in [5.41, 5.74) is 0.0243. The monoisotopic (exact) mass is 592 g/mol. The number of benzene rings is 1. The summed E-state index contributed by atoms with van der Waals surface area (Å²) >= 11 is 1.37. The predicted octanol–water partition coefficient (Wildman–Crippen LogP) is 3.78. The summed E-state index contributed by atoms with van der Waals surface area (Å²) in [5, 5.41) is 5.88. The van der Waals surface area contributed by atoms with Crippen LogP contribution in [0.15, 0.2) is 42.5 Å². The number of hydrogen-bond donors (Lipinski definition) is 2. The first kappa shape index (κ1) is 29.9. The summed E-state index contributed by atoms with van der Waals surface area (Å²) < 4.78 is 0. The number of Topliss-reactive ketones (excluding diaryl/α,β-unsaturated/α-hetero) is 1. The highest BCUT2D eigenvalue weighted by atomic mass is 32.1. The second-order valence-electron chi connectivity index (χ2n) is 12.2. The SMILES string of the molecule is CC(=O)NC1(C(=O)N2CC(=O)C3C2CCN3C(=O)C(CC(C)C)NC(=O)c2ccc(-c3ccccc3)s2)CCCCC1. The van der Waals surface area contributed by atoms with Gasteiger partial charge in [0.05, 0.1) is 17.5 Å². The number of fused-ring (bicyclic) bond motifs is 1. The number of hydrogen-bond acceptors (Lipinski definition) is 6. The summed E-state index contributed by atoms with van der Waals surface area (Å²) in [5.74, 6) is -1.13. The van der Waals surface area contributed by atoms with Gasteiger partial charge in [0.2, 0.25) is 17.7 Å². The third-order valence-electron chi connectivity index (χ3n) is 8.70. The van der Waals surface area contributed by atoms with Crippen molar-refractivity contribution in [2.24, 2.45) is 5.92 Å². The fourth-order valence-electron chi connectivity index (χ4n) is 6.84. The van der Waals surface area contributed by atoms with Gasteiger partial charge in [0, 0.05) is 18.3 Å². The Morgan fingerprint density at radius 1 is 1.00 bits per heavy atom. The highest BCUT2D eigenvalue weighted by Gasteiger charge is 2.55. The van der Waals surface area contributed by atoms with E-state index in [4.69, 9.17) is 0 Å². The lowest BCUT2D eigenvalue weighted by Crippen LogP contribution is -2.61. The van der Waals surface area contributed by atoms with E-state index in [1.807, 2.05) is 50.2 Å². The first-order valence-electron chi connectivity index (χ1n) is 15.0. The molecule has 3 fully saturated rings. The molecule has 2 aliphatic heterocycles. The van der Waals surface area contributed by atoms with Crippen molar-refractivity contribution in [3.8, 4) is 10.4 Å². The summed E-state index contributed by atoms with van der Waals surface area (Å²) in [7, 11) is 0. The number of nitrogens with one attached hydrogen (secondary N) is 2. The molecule has 1 aliphatic carbocycles. The minimum Gasteiger partial charge on any atom is -0.342 e. The molecule has 0 spiro atoms. The molecule has 1 aromatic heterocycles. The van der Waals surface area contributed by atoms with E-state index in [0.717, 1.165) is 29.7 Å². The van der Waals surface area contributed by atoms with Gasteiger partial charge in [-0.1, -0.05) is 63.4 Å². The number of thiophene rings is 1. The summed E-state index contributed by atoms with van der Waals surface area (Å²) in [6.45, 7) is 5.66. The molecule has 2 aromatic rings. The zero-order chi connectivity index (χ0) is 30.0. The van der Waals surface area contributed by atoms with Crippen LogP contribution < -0.4 is 10.6 Å². The van der Waals surface area contributed by atoms with E-state index >= 15 is 0 Å². The van der Waals surface area contributed by atoms with Crippen LogP contribution >= 0.6 is 11.3 Å². The quantitative estimate of drug-likeness (QED) is 0.484. The van der Waals surface area contributed by atoms with E-state index < -0.39 is 23.7 Å². The maximum Gasteiger partial charge on any atom is 0.262 e. The van der Waals surface area contributed by atoms with Crippen LogP contribution in [0.5, 0.6) is 0 Å². The average Bonchev–Trinajstić information content (AvgIpc) is 3.70. The van der Waals surface area contributed by atoms with Crippen molar-refractivity contribution >= 4 is 40.7 Å². The molecule has 3 atom stereocenters. The Kier molecular flexibility index (Phi) is 8.82. The number of amides is 4. The van der Waals surface area contributed by atoms with Gasteiger partial charge < -0.3 is 20.4 Å². The van der Waals surface area contributed by atoms with Gasteiger partial charge in [0.1, 0.15) is 17.6 Å². The third-order valence-corrected chi connectivity index (χ3v) is 9.83. The van der Waals surface area contributed by atoms with Crippen LogP contribution in [-0.2, 0) is 19.2 Å². The molecule has 0 bridgehead atoms. The molecule has 0 radical (unpaired) electrons. The molecular weight excluding hydrogens is 552 g/mol. The molecule has 1 aromatic carbocycles. The fraction of sp³-hybridized carbons (Fsp3) is 0.531. The van der Waals surface area contributed by atoms with Gasteiger partial charge >= 0.3 is 0 Å². The van der Waals surface area contributed by atoms with Crippen molar-refractivity contribution in [3.63, 3.8) is 0 Å². The molecule has 2 saturated heterocycles. The molecule has 3 unspecified atom stereocenters. The van der Waals surface area contributed by atoms with Crippen LogP contribution in [0.3, 0.4) is 0 Å². The fourth-order valence-corrected chi connectivity index (χ4v) is 7.75. The Bertz CT molecular complexity index is 1350. The van der Waals surface area contributed by atoms with Crippen molar-refractivity contribution in [2.75, 3.05) is 13.1 Å². The van der Waals surface area contributed by atoms with Crippen molar-refractivity contribution in [3.05, 3.63) is 47.3 Å². The molecule has 2 N–H and O–H groups in total. The van der Waals surface area contributed by atoms with Gasteiger partial charge in [-0.2, -0.15) is 0 Å². The number of carbonyl (C=O) groups excluding carboxylic acids is 5. The normalized spacial score (nSPS) is 22.1. The molecule has 4 amide bonds. The lowest BCUT2D eigenvalue weighted by atomic mass is 9.80. The number of likely N-dealkylation sites (tertiary alicyclic amines) is 2. The largest absolute Gasteiger partial charge is 0.342 e. The standard InChI is InChI=1S/C32H40N4O5S/c1-20(2)18-23(33-29(39)27-13-12-26(42-27)22-10-6-4-7-11-22)30(40)35-17-14-24-28(35)25(38)19-36(24)31(41)32(34-21(3)37)15-8-5-9-16-32/h4,6-7,10-13,20,23-24,28H,5,8-9,14-19H2,1-3H3,(H,33,39)(H,34,37). The second kappa shape index (κ2) is 12.4. The predicted molar refractivity (Wildman–Crippen MR) is 161 cm³/mol. The van der Waals surface area contributed by atoms with E-state index in [2.05, 4.69) is 10.6 Å². The molecule has 5 rings (SSSR count). The lowest BCUT2D eigenvalue weighted by molar-refractivity contribution is -0.144. The lowest BCUT2D eigenvalue weighted by Gasteiger charge is -2.40. The molecule has 10 heteroatoms. The molecule has 224 valence electrons. The molecule has 1 saturated carbocycles. The van der Waals surface area contributed by atoms with Crippen LogP contribution in [0.4, 0.5) is 0 Å². The van der Waals surface area contributed by atoms with Crippen molar-refractivity contribution < 1.29 is 24.0 Å². The minimum absolute atomic E-state index is 0.0715. The first-order valence-corrected chi connectivity index (χ1v) is 15.8.